The van der Waals surface area contributed by atoms with E-state index in [1.165, 1.54) is 10.8 Å². The molecular weight excluding hydrogens is 342 g/mol. The molecule has 1 atom stereocenters. The molecule has 1 aliphatic rings. The van der Waals surface area contributed by atoms with Crippen molar-refractivity contribution in [2.45, 2.75) is 10.1 Å². The Hall–Kier alpha value is -2.30. The molecule has 3 nitrogen and oxygen atoms in total. The molecule has 4 heteroatoms. The minimum absolute atomic E-state index is 0.164. The third-order valence-electron chi connectivity index (χ3n) is 4.62. The Morgan fingerprint density at radius 3 is 2.35 bits per heavy atom. The van der Waals surface area contributed by atoms with Gasteiger partial charge in [-0.3, -0.25) is 4.79 Å². The second-order valence-electron chi connectivity index (χ2n) is 6.36. The highest BCUT2D eigenvalue weighted by Gasteiger charge is 2.28. The van der Waals surface area contributed by atoms with Crippen molar-refractivity contribution in [2.24, 2.45) is 0 Å². The number of morpholine rings is 1. The van der Waals surface area contributed by atoms with Gasteiger partial charge in [0.2, 0.25) is 5.91 Å². The summed E-state index contributed by atoms with van der Waals surface area (Å²) in [4.78, 5) is 16.3. The largest absolute Gasteiger partial charge is 0.378 e. The molecule has 0 aliphatic carbocycles. The zero-order chi connectivity index (χ0) is 17.8. The smallest absolute Gasteiger partial charge is 0.240 e. The lowest BCUT2D eigenvalue weighted by atomic mass is 10.1. The van der Waals surface area contributed by atoms with Crippen LogP contribution in [0.15, 0.2) is 77.7 Å². The number of thioether (sulfide) groups is 1. The fourth-order valence-electron chi connectivity index (χ4n) is 3.22. The van der Waals surface area contributed by atoms with Gasteiger partial charge in [0.1, 0.15) is 5.25 Å². The number of hydrogen-bond acceptors (Lipinski definition) is 3. The van der Waals surface area contributed by atoms with Crippen LogP contribution in [-0.2, 0) is 9.53 Å². The van der Waals surface area contributed by atoms with Crippen LogP contribution in [-0.4, -0.2) is 37.1 Å². The average Bonchev–Trinajstić information content (AvgIpc) is 2.73. The number of fused-ring (bicyclic) bond motifs is 1. The van der Waals surface area contributed by atoms with E-state index in [-0.39, 0.29) is 11.2 Å². The van der Waals surface area contributed by atoms with E-state index in [4.69, 9.17) is 4.74 Å². The molecule has 1 heterocycles. The van der Waals surface area contributed by atoms with E-state index in [0.29, 0.717) is 26.3 Å². The summed E-state index contributed by atoms with van der Waals surface area (Å²) in [6.07, 6.45) is 0. The first-order valence-electron chi connectivity index (χ1n) is 8.88. The van der Waals surface area contributed by atoms with Crippen LogP contribution in [0.2, 0.25) is 0 Å². The van der Waals surface area contributed by atoms with Crippen molar-refractivity contribution in [3.8, 4) is 0 Å². The molecule has 1 aliphatic heterocycles. The van der Waals surface area contributed by atoms with E-state index >= 15 is 0 Å². The Morgan fingerprint density at radius 1 is 0.885 bits per heavy atom. The van der Waals surface area contributed by atoms with Gasteiger partial charge in [-0.1, -0.05) is 60.7 Å². The van der Waals surface area contributed by atoms with Crippen molar-refractivity contribution in [2.75, 3.05) is 26.3 Å². The highest BCUT2D eigenvalue weighted by atomic mass is 32.2. The van der Waals surface area contributed by atoms with Crippen molar-refractivity contribution >= 4 is 28.4 Å². The van der Waals surface area contributed by atoms with E-state index in [1.807, 2.05) is 47.4 Å². The lowest BCUT2D eigenvalue weighted by molar-refractivity contribution is -0.134. The first-order valence-corrected chi connectivity index (χ1v) is 9.76. The molecule has 0 bridgehead atoms. The van der Waals surface area contributed by atoms with Crippen molar-refractivity contribution in [3.63, 3.8) is 0 Å². The highest BCUT2D eigenvalue weighted by molar-refractivity contribution is 8.00. The fourth-order valence-corrected chi connectivity index (χ4v) is 4.37. The van der Waals surface area contributed by atoms with Crippen molar-refractivity contribution in [3.05, 3.63) is 78.4 Å². The maximum Gasteiger partial charge on any atom is 0.240 e. The summed E-state index contributed by atoms with van der Waals surface area (Å²) in [6.45, 7) is 2.57. The van der Waals surface area contributed by atoms with Crippen LogP contribution in [0.4, 0.5) is 0 Å². The van der Waals surface area contributed by atoms with Crippen LogP contribution >= 0.6 is 11.8 Å². The van der Waals surface area contributed by atoms with E-state index in [9.17, 15) is 4.79 Å². The molecule has 1 fully saturated rings. The van der Waals surface area contributed by atoms with Crippen LogP contribution in [0, 0.1) is 0 Å². The number of rotatable bonds is 4. The predicted octanol–water partition coefficient (Wildman–Crippen LogP) is 4.53. The monoisotopic (exact) mass is 363 g/mol. The second kappa shape index (κ2) is 7.94. The SMILES string of the molecule is O=C([C@H](Sc1ccc2ccccc2c1)c1ccccc1)N1CCOCC1. The molecule has 4 rings (SSSR count). The average molecular weight is 363 g/mol. The zero-order valence-corrected chi connectivity index (χ0v) is 15.3. The molecule has 3 aromatic carbocycles. The first-order chi connectivity index (χ1) is 12.8. The van der Waals surface area contributed by atoms with Gasteiger partial charge >= 0.3 is 0 Å². The molecule has 3 aromatic rings. The first kappa shape index (κ1) is 17.1. The van der Waals surface area contributed by atoms with E-state index in [1.54, 1.807) is 11.8 Å². The van der Waals surface area contributed by atoms with Gasteiger partial charge in [0.05, 0.1) is 13.2 Å². The van der Waals surface area contributed by atoms with Gasteiger partial charge in [-0.2, -0.15) is 0 Å². The summed E-state index contributed by atoms with van der Waals surface area (Å²) < 4.78 is 5.40. The van der Waals surface area contributed by atoms with Crippen molar-refractivity contribution in [1.29, 1.82) is 0 Å². The maximum absolute atomic E-state index is 13.2. The summed E-state index contributed by atoms with van der Waals surface area (Å²) in [5.74, 6) is 0.164. The summed E-state index contributed by atoms with van der Waals surface area (Å²) in [6, 6.07) is 24.8. The summed E-state index contributed by atoms with van der Waals surface area (Å²) in [5, 5.41) is 2.17. The molecule has 0 N–H and O–H groups in total. The van der Waals surface area contributed by atoms with Gasteiger partial charge in [-0.05, 0) is 28.5 Å². The molecule has 0 spiro atoms. The minimum atomic E-state index is -0.240. The second-order valence-corrected chi connectivity index (χ2v) is 7.53. The minimum Gasteiger partial charge on any atom is -0.378 e. The molecule has 132 valence electrons. The standard InChI is InChI=1S/C22H21NO2S/c24-22(23-12-14-25-15-13-23)21(18-7-2-1-3-8-18)26-20-11-10-17-6-4-5-9-19(17)16-20/h1-11,16,21H,12-15H2/t21-/m1/s1. The summed E-state index contributed by atoms with van der Waals surface area (Å²) >= 11 is 1.63. The molecule has 1 saturated heterocycles. The lowest BCUT2D eigenvalue weighted by Crippen LogP contribution is -2.42. The predicted molar refractivity (Wildman–Crippen MR) is 106 cm³/mol. The maximum atomic E-state index is 13.2. The quantitative estimate of drug-likeness (QED) is 0.638. The number of hydrogen-bond donors (Lipinski definition) is 0. The summed E-state index contributed by atoms with van der Waals surface area (Å²) in [5.41, 5.74) is 1.04. The third kappa shape index (κ3) is 3.76. The Morgan fingerprint density at radius 2 is 1.58 bits per heavy atom. The topological polar surface area (TPSA) is 29.5 Å². The summed E-state index contributed by atoms with van der Waals surface area (Å²) in [7, 11) is 0. The van der Waals surface area contributed by atoms with Gasteiger partial charge < -0.3 is 9.64 Å². The Labute approximate surface area is 158 Å². The van der Waals surface area contributed by atoms with E-state index < -0.39 is 0 Å². The van der Waals surface area contributed by atoms with Crippen molar-refractivity contribution < 1.29 is 9.53 Å². The van der Waals surface area contributed by atoms with Crippen LogP contribution < -0.4 is 0 Å². The van der Waals surface area contributed by atoms with Crippen LogP contribution in [0.1, 0.15) is 10.8 Å². The number of carbonyl (C=O) groups excluding carboxylic acids is 1. The van der Waals surface area contributed by atoms with Crippen LogP contribution in [0.25, 0.3) is 10.8 Å². The number of benzene rings is 3. The third-order valence-corrected chi connectivity index (χ3v) is 5.86. The molecule has 0 radical (unpaired) electrons. The molecule has 26 heavy (non-hydrogen) atoms. The Bertz CT molecular complexity index is 891. The highest BCUT2D eigenvalue weighted by Crippen LogP contribution is 2.38. The number of nitrogens with zero attached hydrogens (tertiary/aromatic N) is 1. The van der Waals surface area contributed by atoms with Crippen LogP contribution in [0.3, 0.4) is 0 Å². The molecular formula is C22H21NO2S. The normalized spacial score (nSPS) is 15.8. The van der Waals surface area contributed by atoms with Gasteiger partial charge in [0.25, 0.3) is 0 Å². The van der Waals surface area contributed by atoms with E-state index in [2.05, 4.69) is 30.3 Å². The molecule has 0 aromatic heterocycles. The van der Waals surface area contributed by atoms with Crippen LogP contribution in [0.5, 0.6) is 0 Å². The fraction of sp³-hybridized carbons (Fsp3) is 0.227. The number of carbonyl (C=O) groups is 1. The number of ether oxygens (including phenoxy) is 1. The molecule has 0 unspecified atom stereocenters. The van der Waals surface area contributed by atoms with Gasteiger partial charge in [0.15, 0.2) is 0 Å². The van der Waals surface area contributed by atoms with Gasteiger partial charge in [0, 0.05) is 18.0 Å². The Balaban J connectivity index is 1.64. The van der Waals surface area contributed by atoms with Gasteiger partial charge in [-0.25, -0.2) is 0 Å². The van der Waals surface area contributed by atoms with Gasteiger partial charge in [-0.15, -0.1) is 11.8 Å². The lowest BCUT2D eigenvalue weighted by Gasteiger charge is -2.30. The molecule has 0 saturated carbocycles. The molecule has 1 amide bonds. The Kier molecular flexibility index (Phi) is 5.23. The van der Waals surface area contributed by atoms with Crippen molar-refractivity contribution in [1.82, 2.24) is 4.90 Å². The van der Waals surface area contributed by atoms with E-state index in [0.717, 1.165) is 10.5 Å². The number of amides is 1. The zero-order valence-electron chi connectivity index (χ0n) is 14.5.